The number of methoxy groups -OCH3 is 1. The zero-order valence-corrected chi connectivity index (χ0v) is 18.4. The van der Waals surface area contributed by atoms with Crippen molar-refractivity contribution >= 4 is 15.9 Å². The lowest BCUT2D eigenvalue weighted by Crippen LogP contribution is -2.40. The molecule has 1 amide bonds. The first kappa shape index (κ1) is 22.0. The number of amides is 1. The van der Waals surface area contributed by atoms with Gasteiger partial charge in [0.2, 0.25) is 10.0 Å². The van der Waals surface area contributed by atoms with E-state index in [4.69, 9.17) is 9.47 Å². The number of sulfonamides is 1. The van der Waals surface area contributed by atoms with Gasteiger partial charge in [0.1, 0.15) is 17.8 Å². The Bertz CT molecular complexity index is 1190. The summed E-state index contributed by atoms with van der Waals surface area (Å²) in [6.45, 7) is 1.80. The van der Waals surface area contributed by atoms with Crippen molar-refractivity contribution in [2.24, 2.45) is 0 Å². The summed E-state index contributed by atoms with van der Waals surface area (Å²) in [4.78, 5) is 16.9. The molecule has 32 heavy (non-hydrogen) atoms. The number of ether oxygens (including phenoxy) is 2. The maximum Gasteiger partial charge on any atom is 0.271 e. The molecular formula is C22H24N4O5S. The van der Waals surface area contributed by atoms with Crippen LogP contribution in [-0.4, -0.2) is 61.6 Å². The van der Waals surface area contributed by atoms with Crippen molar-refractivity contribution in [3.63, 3.8) is 0 Å². The van der Waals surface area contributed by atoms with E-state index in [1.165, 1.54) is 10.6 Å². The van der Waals surface area contributed by atoms with Gasteiger partial charge in [-0.3, -0.25) is 4.79 Å². The van der Waals surface area contributed by atoms with Crippen molar-refractivity contribution in [1.29, 1.82) is 0 Å². The van der Waals surface area contributed by atoms with E-state index in [1.807, 2.05) is 24.3 Å². The molecule has 168 valence electrons. The summed E-state index contributed by atoms with van der Waals surface area (Å²) in [6, 6.07) is 13.9. The van der Waals surface area contributed by atoms with E-state index in [1.54, 1.807) is 42.1 Å². The molecule has 4 rings (SSSR count). The van der Waals surface area contributed by atoms with Crippen molar-refractivity contribution in [2.75, 3.05) is 33.4 Å². The first-order valence-electron chi connectivity index (χ1n) is 10.1. The minimum atomic E-state index is -3.55. The molecule has 1 fully saturated rings. The summed E-state index contributed by atoms with van der Waals surface area (Å²) in [5.41, 5.74) is 1.81. The highest BCUT2D eigenvalue weighted by atomic mass is 32.2. The smallest absolute Gasteiger partial charge is 0.271 e. The lowest BCUT2D eigenvalue weighted by atomic mass is 10.2. The van der Waals surface area contributed by atoms with Gasteiger partial charge in [-0.05, 0) is 30.3 Å². The van der Waals surface area contributed by atoms with Crippen LogP contribution in [0.4, 0.5) is 0 Å². The van der Waals surface area contributed by atoms with E-state index in [0.29, 0.717) is 44.3 Å². The molecule has 2 heterocycles. The van der Waals surface area contributed by atoms with Crippen LogP contribution in [-0.2, 0) is 21.3 Å². The van der Waals surface area contributed by atoms with E-state index in [9.17, 15) is 13.2 Å². The van der Waals surface area contributed by atoms with Gasteiger partial charge in [0.05, 0.1) is 25.2 Å². The summed E-state index contributed by atoms with van der Waals surface area (Å²) < 4.78 is 39.1. The van der Waals surface area contributed by atoms with Crippen molar-refractivity contribution in [1.82, 2.24) is 19.2 Å². The van der Waals surface area contributed by atoms with Crippen LogP contribution in [0, 0.1) is 0 Å². The van der Waals surface area contributed by atoms with Gasteiger partial charge in [-0.25, -0.2) is 13.4 Å². The average Bonchev–Trinajstić information content (AvgIpc) is 3.34. The van der Waals surface area contributed by atoms with Crippen molar-refractivity contribution in [3.8, 4) is 11.4 Å². The second-order valence-electron chi connectivity index (χ2n) is 7.17. The number of aromatic nitrogens is 2. The molecule has 1 aliphatic heterocycles. The Morgan fingerprint density at radius 3 is 2.56 bits per heavy atom. The summed E-state index contributed by atoms with van der Waals surface area (Å²) >= 11 is 0. The number of rotatable bonds is 7. The zero-order valence-electron chi connectivity index (χ0n) is 17.6. The standard InChI is InChI=1S/C22H24N4O5S/c1-30-21-5-3-2-4-17(21)14-23-22(27)20-15-25(16-24-20)18-6-8-19(9-7-18)32(28,29)26-10-12-31-13-11-26/h2-9,15-16H,10-14H2,1H3,(H,23,27). The maximum atomic E-state index is 12.8. The van der Waals surface area contributed by atoms with Crippen LogP contribution in [0.2, 0.25) is 0 Å². The molecule has 0 saturated carbocycles. The van der Waals surface area contributed by atoms with E-state index < -0.39 is 10.0 Å². The molecule has 0 bridgehead atoms. The number of hydrogen-bond donors (Lipinski definition) is 1. The van der Waals surface area contributed by atoms with Gasteiger partial charge in [-0.2, -0.15) is 4.31 Å². The molecule has 0 atom stereocenters. The van der Waals surface area contributed by atoms with E-state index in [2.05, 4.69) is 10.3 Å². The summed E-state index contributed by atoms with van der Waals surface area (Å²) in [6.07, 6.45) is 3.12. The van der Waals surface area contributed by atoms with E-state index in [-0.39, 0.29) is 16.5 Å². The van der Waals surface area contributed by atoms with E-state index >= 15 is 0 Å². The van der Waals surface area contributed by atoms with Crippen LogP contribution in [0.1, 0.15) is 16.1 Å². The number of hydrogen-bond acceptors (Lipinski definition) is 6. The van der Waals surface area contributed by atoms with Gasteiger partial charge < -0.3 is 19.4 Å². The quantitative estimate of drug-likeness (QED) is 0.582. The third kappa shape index (κ3) is 4.67. The monoisotopic (exact) mass is 456 g/mol. The molecular weight excluding hydrogens is 432 g/mol. The highest BCUT2D eigenvalue weighted by Crippen LogP contribution is 2.20. The highest BCUT2D eigenvalue weighted by molar-refractivity contribution is 7.89. The summed E-state index contributed by atoms with van der Waals surface area (Å²) in [5, 5.41) is 2.83. The molecule has 1 aliphatic rings. The molecule has 0 unspecified atom stereocenters. The fourth-order valence-electron chi connectivity index (χ4n) is 3.42. The predicted octanol–water partition coefficient (Wildman–Crippen LogP) is 1.83. The van der Waals surface area contributed by atoms with Gasteiger partial charge in [0.25, 0.3) is 5.91 Å². The Balaban J connectivity index is 1.43. The van der Waals surface area contributed by atoms with Crippen LogP contribution < -0.4 is 10.1 Å². The predicted molar refractivity (Wildman–Crippen MR) is 117 cm³/mol. The van der Waals surface area contributed by atoms with Gasteiger partial charge in [-0.15, -0.1) is 0 Å². The molecule has 2 aromatic carbocycles. The SMILES string of the molecule is COc1ccccc1CNC(=O)c1cn(-c2ccc(S(=O)(=O)N3CCOCC3)cc2)cn1. The first-order valence-corrected chi connectivity index (χ1v) is 11.6. The van der Waals surface area contributed by atoms with Crippen molar-refractivity contribution in [2.45, 2.75) is 11.4 Å². The third-order valence-corrected chi connectivity index (χ3v) is 7.10. The molecule has 1 aromatic heterocycles. The molecule has 9 nitrogen and oxygen atoms in total. The molecule has 3 aromatic rings. The molecule has 1 saturated heterocycles. The van der Waals surface area contributed by atoms with Gasteiger partial charge in [0, 0.05) is 37.1 Å². The number of imidazole rings is 1. The molecule has 10 heteroatoms. The fraction of sp³-hybridized carbons (Fsp3) is 0.273. The number of para-hydroxylation sites is 1. The van der Waals surface area contributed by atoms with Crippen LogP contribution >= 0.6 is 0 Å². The number of nitrogens with zero attached hydrogens (tertiary/aromatic N) is 3. The number of carbonyl (C=O) groups is 1. The molecule has 0 radical (unpaired) electrons. The van der Waals surface area contributed by atoms with Crippen LogP contribution in [0.15, 0.2) is 66.0 Å². The van der Waals surface area contributed by atoms with Crippen LogP contribution in [0.3, 0.4) is 0 Å². The normalized spacial score (nSPS) is 14.8. The fourth-order valence-corrected chi connectivity index (χ4v) is 4.83. The average molecular weight is 457 g/mol. The number of morpholine rings is 1. The summed E-state index contributed by atoms with van der Waals surface area (Å²) in [5.74, 6) is 0.381. The highest BCUT2D eigenvalue weighted by Gasteiger charge is 2.26. The minimum Gasteiger partial charge on any atom is -0.496 e. The van der Waals surface area contributed by atoms with Gasteiger partial charge >= 0.3 is 0 Å². The topological polar surface area (TPSA) is 103 Å². The second kappa shape index (κ2) is 9.51. The van der Waals surface area contributed by atoms with Crippen LogP contribution in [0.5, 0.6) is 5.75 Å². The molecule has 0 spiro atoms. The Kier molecular flexibility index (Phi) is 6.54. The zero-order chi connectivity index (χ0) is 22.6. The minimum absolute atomic E-state index is 0.220. The van der Waals surface area contributed by atoms with Crippen molar-refractivity contribution in [3.05, 3.63) is 72.3 Å². The van der Waals surface area contributed by atoms with Gasteiger partial charge in [0.15, 0.2) is 0 Å². The third-order valence-electron chi connectivity index (χ3n) is 5.19. The Labute approximate surface area is 186 Å². The molecule has 1 N–H and O–H groups in total. The Morgan fingerprint density at radius 1 is 1.12 bits per heavy atom. The Hall–Kier alpha value is -3.21. The number of nitrogens with one attached hydrogen (secondary N) is 1. The number of benzene rings is 2. The number of carbonyl (C=O) groups excluding carboxylic acids is 1. The van der Waals surface area contributed by atoms with Crippen LogP contribution in [0.25, 0.3) is 5.69 Å². The first-order chi connectivity index (χ1) is 15.5. The van der Waals surface area contributed by atoms with E-state index in [0.717, 1.165) is 5.56 Å². The summed E-state index contributed by atoms with van der Waals surface area (Å²) in [7, 11) is -1.97. The maximum absolute atomic E-state index is 12.8. The lowest BCUT2D eigenvalue weighted by molar-refractivity contribution is 0.0730. The Morgan fingerprint density at radius 2 is 1.84 bits per heavy atom. The largest absolute Gasteiger partial charge is 0.496 e. The molecule has 0 aliphatic carbocycles. The lowest BCUT2D eigenvalue weighted by Gasteiger charge is -2.26. The van der Waals surface area contributed by atoms with Crippen molar-refractivity contribution < 1.29 is 22.7 Å². The second-order valence-corrected chi connectivity index (χ2v) is 9.11. The van der Waals surface area contributed by atoms with Gasteiger partial charge in [-0.1, -0.05) is 18.2 Å².